The summed E-state index contributed by atoms with van der Waals surface area (Å²) >= 11 is 5.79. The van der Waals surface area contributed by atoms with Crippen molar-refractivity contribution >= 4 is 29.0 Å². The molecule has 0 atom stereocenters. The van der Waals surface area contributed by atoms with Crippen LogP contribution < -0.4 is 4.74 Å². The van der Waals surface area contributed by atoms with Crippen molar-refractivity contribution in [2.75, 3.05) is 13.2 Å². The second-order valence-electron chi connectivity index (χ2n) is 5.49. The molecule has 0 aromatic heterocycles. The normalized spacial score (nSPS) is 11.2. The fourth-order valence-corrected chi connectivity index (χ4v) is 2.38. The van der Waals surface area contributed by atoms with E-state index in [4.69, 9.17) is 21.4 Å². The van der Waals surface area contributed by atoms with Crippen LogP contribution in [0.4, 0.5) is 18.9 Å². The first-order chi connectivity index (χ1) is 13.5. The molecule has 8 nitrogen and oxygen atoms in total. The molecule has 1 N–H and O–H groups in total. The number of carboxylic acids is 1. The van der Waals surface area contributed by atoms with Gasteiger partial charge >= 0.3 is 12.1 Å². The number of ether oxygens (including phenoxy) is 2. The predicted molar refractivity (Wildman–Crippen MR) is 92.4 cm³/mol. The summed E-state index contributed by atoms with van der Waals surface area (Å²) in [6.07, 6.45) is -4.61. The zero-order chi connectivity index (χ0) is 21.8. The standard InChI is InChI=1S/C17H11ClF3NO7/c18-12-5-9(17(19,20)21)1-4-15(12)29-10-2-3-13(22(26)27)11(6-10)14(23)7-28-8-16(24)25/h1-6H,7-8H2,(H,24,25). The van der Waals surface area contributed by atoms with Crippen molar-refractivity contribution < 1.29 is 42.3 Å². The molecule has 0 amide bonds. The van der Waals surface area contributed by atoms with Gasteiger partial charge in [-0.1, -0.05) is 11.6 Å². The Morgan fingerprint density at radius 1 is 1.14 bits per heavy atom. The number of benzene rings is 2. The SMILES string of the molecule is O=C(O)COCC(=O)c1cc(Oc2ccc(C(F)(F)F)cc2Cl)ccc1[N+](=O)[O-]. The van der Waals surface area contributed by atoms with Gasteiger partial charge in [-0.2, -0.15) is 13.2 Å². The first kappa shape index (κ1) is 22.1. The van der Waals surface area contributed by atoms with Crippen LogP contribution in [0.25, 0.3) is 0 Å². The Balaban J connectivity index is 2.29. The number of ketones is 1. The van der Waals surface area contributed by atoms with Crippen LogP contribution in [0.3, 0.4) is 0 Å². The maximum Gasteiger partial charge on any atom is 0.416 e. The number of halogens is 4. The number of aliphatic carboxylic acids is 1. The summed E-state index contributed by atoms with van der Waals surface area (Å²) in [5, 5.41) is 19.2. The molecule has 0 bridgehead atoms. The van der Waals surface area contributed by atoms with Crippen LogP contribution in [0.2, 0.25) is 5.02 Å². The molecular formula is C17H11ClF3NO7. The van der Waals surface area contributed by atoms with Crippen LogP contribution in [-0.4, -0.2) is 35.0 Å². The van der Waals surface area contributed by atoms with E-state index in [2.05, 4.69) is 4.74 Å². The second-order valence-corrected chi connectivity index (χ2v) is 5.90. The van der Waals surface area contributed by atoms with E-state index in [0.717, 1.165) is 30.3 Å². The van der Waals surface area contributed by atoms with Gasteiger partial charge in [-0.05, 0) is 30.3 Å². The molecule has 0 fully saturated rings. The van der Waals surface area contributed by atoms with Crippen molar-refractivity contribution in [2.45, 2.75) is 6.18 Å². The van der Waals surface area contributed by atoms with E-state index in [-0.39, 0.29) is 16.5 Å². The lowest BCUT2D eigenvalue weighted by Gasteiger charge is -2.12. The summed E-state index contributed by atoms with van der Waals surface area (Å²) < 4.78 is 48.0. The molecule has 0 spiro atoms. The number of nitrogens with zero attached hydrogens (tertiary/aromatic N) is 1. The third-order valence-electron chi connectivity index (χ3n) is 3.41. The Morgan fingerprint density at radius 3 is 2.38 bits per heavy atom. The molecule has 0 aliphatic carbocycles. The Morgan fingerprint density at radius 2 is 1.83 bits per heavy atom. The van der Waals surface area contributed by atoms with Gasteiger partial charge in [0.05, 0.1) is 15.5 Å². The highest BCUT2D eigenvalue weighted by atomic mass is 35.5. The van der Waals surface area contributed by atoms with Gasteiger partial charge in [0, 0.05) is 6.07 Å². The maximum absolute atomic E-state index is 12.7. The van der Waals surface area contributed by atoms with Crippen molar-refractivity contribution in [3.63, 3.8) is 0 Å². The average Bonchev–Trinajstić information content (AvgIpc) is 2.61. The van der Waals surface area contributed by atoms with Crippen LogP contribution in [-0.2, 0) is 15.7 Å². The van der Waals surface area contributed by atoms with Gasteiger partial charge < -0.3 is 14.6 Å². The molecule has 2 rings (SSSR count). The third-order valence-corrected chi connectivity index (χ3v) is 3.71. The molecule has 0 aliphatic rings. The number of rotatable bonds is 8. The molecule has 0 radical (unpaired) electrons. The van der Waals surface area contributed by atoms with Crippen LogP contribution in [0.1, 0.15) is 15.9 Å². The minimum Gasteiger partial charge on any atom is -0.480 e. The highest BCUT2D eigenvalue weighted by Crippen LogP contribution is 2.37. The molecule has 12 heteroatoms. The first-order valence-corrected chi connectivity index (χ1v) is 8.02. The number of carbonyl (C=O) groups excluding carboxylic acids is 1. The van der Waals surface area contributed by atoms with Crippen LogP contribution in [0.5, 0.6) is 11.5 Å². The molecule has 0 heterocycles. The molecule has 2 aromatic carbocycles. The number of carbonyl (C=O) groups is 2. The van der Waals surface area contributed by atoms with E-state index in [1.807, 2.05) is 0 Å². The average molecular weight is 434 g/mol. The van der Waals surface area contributed by atoms with E-state index >= 15 is 0 Å². The largest absolute Gasteiger partial charge is 0.480 e. The molecule has 29 heavy (non-hydrogen) atoms. The molecule has 0 unspecified atom stereocenters. The van der Waals surface area contributed by atoms with Crippen molar-refractivity contribution in [3.8, 4) is 11.5 Å². The van der Waals surface area contributed by atoms with Gasteiger partial charge in [-0.25, -0.2) is 4.79 Å². The minimum absolute atomic E-state index is 0.112. The highest BCUT2D eigenvalue weighted by molar-refractivity contribution is 6.32. The Kier molecular flexibility index (Phi) is 6.77. The summed E-state index contributed by atoms with van der Waals surface area (Å²) in [7, 11) is 0. The van der Waals surface area contributed by atoms with Crippen LogP contribution in [0, 0.1) is 10.1 Å². The molecule has 154 valence electrons. The van der Waals surface area contributed by atoms with Gasteiger partial charge in [-0.3, -0.25) is 14.9 Å². The summed E-state index contributed by atoms with van der Waals surface area (Å²) in [5.74, 6) is -2.50. The molecular weight excluding hydrogens is 423 g/mol. The summed E-state index contributed by atoms with van der Waals surface area (Å²) in [6.45, 7) is -1.52. The number of nitro benzene ring substituents is 1. The fraction of sp³-hybridized carbons (Fsp3) is 0.176. The van der Waals surface area contributed by atoms with E-state index in [0.29, 0.717) is 6.07 Å². The van der Waals surface area contributed by atoms with Crippen molar-refractivity contribution in [1.29, 1.82) is 0 Å². The van der Waals surface area contributed by atoms with E-state index in [1.165, 1.54) is 0 Å². The number of alkyl halides is 3. The number of hydrogen-bond donors (Lipinski definition) is 1. The number of carboxylic acid groups (broad SMARTS) is 1. The predicted octanol–water partition coefficient (Wildman–Crippen LogP) is 4.34. The molecule has 0 saturated heterocycles. The lowest BCUT2D eigenvalue weighted by Crippen LogP contribution is -2.15. The van der Waals surface area contributed by atoms with Gasteiger partial charge in [-0.15, -0.1) is 0 Å². The summed E-state index contributed by atoms with van der Waals surface area (Å²) in [5.41, 5.74) is -2.01. The summed E-state index contributed by atoms with van der Waals surface area (Å²) in [6, 6.07) is 5.41. The van der Waals surface area contributed by atoms with Gasteiger partial charge in [0.25, 0.3) is 5.69 Å². The van der Waals surface area contributed by atoms with Crippen LogP contribution in [0.15, 0.2) is 36.4 Å². The lowest BCUT2D eigenvalue weighted by molar-refractivity contribution is -0.385. The number of Topliss-reactive ketones (excluding diaryl/α,β-unsaturated/α-hetero) is 1. The van der Waals surface area contributed by atoms with Crippen molar-refractivity contribution in [3.05, 3.63) is 62.7 Å². The first-order valence-electron chi connectivity index (χ1n) is 7.65. The van der Waals surface area contributed by atoms with Crippen molar-refractivity contribution in [2.24, 2.45) is 0 Å². The lowest BCUT2D eigenvalue weighted by atomic mass is 10.1. The van der Waals surface area contributed by atoms with Gasteiger partial charge in [0.15, 0.2) is 5.78 Å². The van der Waals surface area contributed by atoms with E-state index < -0.39 is 52.9 Å². The third kappa shape index (κ3) is 5.90. The second kappa shape index (κ2) is 8.88. The monoisotopic (exact) mass is 433 g/mol. The Hall–Kier alpha value is -3.18. The Bertz CT molecular complexity index is 963. The zero-order valence-electron chi connectivity index (χ0n) is 14.2. The molecule has 0 saturated carbocycles. The Labute approximate surface area is 165 Å². The minimum atomic E-state index is -4.61. The smallest absolute Gasteiger partial charge is 0.416 e. The summed E-state index contributed by atoms with van der Waals surface area (Å²) in [4.78, 5) is 32.8. The highest BCUT2D eigenvalue weighted by Gasteiger charge is 2.31. The van der Waals surface area contributed by atoms with E-state index in [1.54, 1.807) is 0 Å². The van der Waals surface area contributed by atoms with Crippen molar-refractivity contribution in [1.82, 2.24) is 0 Å². The number of nitro groups is 1. The zero-order valence-corrected chi connectivity index (χ0v) is 15.0. The topological polar surface area (TPSA) is 116 Å². The number of hydrogen-bond acceptors (Lipinski definition) is 6. The fourth-order valence-electron chi connectivity index (χ4n) is 2.16. The molecule has 0 aliphatic heterocycles. The maximum atomic E-state index is 12.7. The van der Waals surface area contributed by atoms with Gasteiger partial charge in [0.2, 0.25) is 0 Å². The van der Waals surface area contributed by atoms with Gasteiger partial charge in [0.1, 0.15) is 30.3 Å². The molecule has 2 aromatic rings. The van der Waals surface area contributed by atoms with Crippen LogP contribution >= 0.6 is 11.6 Å². The quantitative estimate of drug-likeness (QED) is 0.374. The van der Waals surface area contributed by atoms with E-state index in [9.17, 15) is 32.9 Å².